The molecule has 0 bridgehead atoms. The lowest BCUT2D eigenvalue weighted by Crippen LogP contribution is -2.10. The fraction of sp³-hybridized carbons (Fsp3) is 0.531. The number of unbranched alkanes of at least 4 members (excludes halogenated alkanes) is 1. The molecule has 0 fully saturated rings. The normalized spacial score (nSPS) is 14.2. The highest BCUT2D eigenvalue weighted by Gasteiger charge is 2.22. The van der Waals surface area contributed by atoms with Gasteiger partial charge in [-0.1, -0.05) is 53.2 Å². The Kier molecular flexibility index (Phi) is 17.7. The topological polar surface area (TPSA) is 105 Å². The monoisotopic (exact) mass is 508 g/mol. The molecule has 0 radical (unpaired) electrons. The number of carbonyl (C=O) groups excluding carboxylic acids is 1. The summed E-state index contributed by atoms with van der Waals surface area (Å²) >= 11 is 0. The van der Waals surface area contributed by atoms with Gasteiger partial charge < -0.3 is 21.7 Å². The molecule has 1 aliphatic rings. The second-order valence-corrected chi connectivity index (χ2v) is 9.72. The molecule has 1 aromatic carbocycles. The van der Waals surface area contributed by atoms with Crippen LogP contribution >= 0.6 is 0 Å². The summed E-state index contributed by atoms with van der Waals surface area (Å²) in [6, 6.07) is 3.97. The third kappa shape index (κ3) is 11.8. The lowest BCUT2D eigenvalue weighted by molar-refractivity contribution is -0.114. The van der Waals surface area contributed by atoms with Gasteiger partial charge in [-0.05, 0) is 99.1 Å². The predicted octanol–water partition coefficient (Wildman–Crippen LogP) is 8.21. The van der Waals surface area contributed by atoms with Crippen molar-refractivity contribution in [2.75, 3.05) is 12.3 Å². The third-order valence-corrected chi connectivity index (χ3v) is 5.92. The largest absolute Gasteiger partial charge is 0.404 e. The van der Waals surface area contributed by atoms with Crippen LogP contribution in [0.5, 0.6) is 0 Å². The zero-order valence-corrected chi connectivity index (χ0v) is 24.7. The summed E-state index contributed by atoms with van der Waals surface area (Å²) in [4.78, 5) is 14.1. The third-order valence-electron chi connectivity index (χ3n) is 5.92. The average Bonchev–Trinajstić information content (AvgIpc) is 2.87. The van der Waals surface area contributed by atoms with E-state index in [0.717, 1.165) is 68.2 Å². The first-order valence-electron chi connectivity index (χ1n) is 13.9. The van der Waals surface area contributed by atoms with Crippen molar-refractivity contribution >= 4 is 29.5 Å². The molecule has 5 N–H and O–H groups in total. The number of hydrogen-bond donors (Lipinski definition) is 3. The van der Waals surface area contributed by atoms with Crippen molar-refractivity contribution in [2.24, 2.45) is 16.6 Å². The number of allylic oxidation sites excluding steroid dienone is 5. The molecule has 1 aromatic rings. The standard InChI is InChI=1S/C27H40N4.C3H6O.C2H6/c1-5-6-9-22(21(16-28)18-31-15-14-19(2)3)23-10-7-8-11-24(23)27-20(4)12-13-26(30)25(27)17-29;1-3(2)4;1-2/h9,12-13,16-19,29H,5-8,10-11,14-15,28,30H2,1-4H3;1-2H3;1-2H3/b21-16+,22-9+,29-17?,31-18?;;. The Balaban J connectivity index is 0.00000196. The van der Waals surface area contributed by atoms with E-state index in [1.807, 2.05) is 26.1 Å². The van der Waals surface area contributed by atoms with Gasteiger partial charge >= 0.3 is 0 Å². The highest BCUT2D eigenvalue weighted by molar-refractivity contribution is 5.96. The Hall–Kier alpha value is -2.95. The van der Waals surface area contributed by atoms with Crippen LogP contribution in [0, 0.1) is 18.3 Å². The van der Waals surface area contributed by atoms with Gasteiger partial charge in [-0.25, -0.2) is 0 Å². The Morgan fingerprint density at radius 1 is 1.16 bits per heavy atom. The first-order valence-corrected chi connectivity index (χ1v) is 13.9. The number of rotatable bonds is 10. The Bertz CT molecular complexity index is 977. The number of carbonyl (C=O) groups is 1. The summed E-state index contributed by atoms with van der Waals surface area (Å²) < 4.78 is 0. The van der Waals surface area contributed by atoms with Crippen LogP contribution < -0.4 is 11.5 Å². The molecule has 37 heavy (non-hydrogen) atoms. The molecule has 0 aliphatic heterocycles. The molecule has 0 unspecified atom stereocenters. The van der Waals surface area contributed by atoms with Gasteiger partial charge in [0.25, 0.3) is 0 Å². The number of aryl methyl sites for hydroxylation is 1. The van der Waals surface area contributed by atoms with Crippen molar-refractivity contribution in [3.8, 4) is 0 Å². The van der Waals surface area contributed by atoms with Crippen LogP contribution in [-0.2, 0) is 4.79 Å². The van der Waals surface area contributed by atoms with Crippen LogP contribution in [0.2, 0.25) is 0 Å². The fourth-order valence-electron chi connectivity index (χ4n) is 4.18. The maximum Gasteiger partial charge on any atom is 0.126 e. The highest BCUT2D eigenvalue weighted by Crippen LogP contribution is 2.41. The Labute approximate surface area is 226 Å². The average molecular weight is 509 g/mol. The van der Waals surface area contributed by atoms with E-state index in [4.69, 9.17) is 16.9 Å². The molecular formula is C32H52N4O. The van der Waals surface area contributed by atoms with E-state index in [9.17, 15) is 4.79 Å². The molecule has 5 nitrogen and oxygen atoms in total. The van der Waals surface area contributed by atoms with Crippen LogP contribution in [0.1, 0.15) is 110 Å². The number of nitrogens with two attached hydrogens (primary N) is 2. The summed E-state index contributed by atoms with van der Waals surface area (Å²) in [5.41, 5.74) is 21.0. The number of aliphatic imine (C=N–C) groups is 1. The number of nitrogens with one attached hydrogen (secondary N) is 1. The molecular weight excluding hydrogens is 456 g/mol. The maximum absolute atomic E-state index is 9.44. The first-order chi connectivity index (χ1) is 17.7. The van der Waals surface area contributed by atoms with Gasteiger partial charge in [0.1, 0.15) is 5.78 Å². The van der Waals surface area contributed by atoms with Crippen LogP contribution in [0.15, 0.2) is 46.1 Å². The Morgan fingerprint density at radius 2 is 1.78 bits per heavy atom. The molecule has 0 spiro atoms. The van der Waals surface area contributed by atoms with Crippen LogP contribution in [0.3, 0.4) is 0 Å². The second-order valence-electron chi connectivity index (χ2n) is 9.72. The van der Waals surface area contributed by atoms with Crippen molar-refractivity contribution in [1.29, 1.82) is 5.41 Å². The summed E-state index contributed by atoms with van der Waals surface area (Å²) in [6.45, 7) is 16.6. The quantitative estimate of drug-likeness (QED) is 0.168. The predicted molar refractivity (Wildman–Crippen MR) is 165 cm³/mol. The summed E-state index contributed by atoms with van der Waals surface area (Å²) in [5.74, 6) is 0.802. The van der Waals surface area contributed by atoms with Crippen LogP contribution in [0.25, 0.3) is 5.57 Å². The van der Waals surface area contributed by atoms with Crippen molar-refractivity contribution in [3.63, 3.8) is 0 Å². The van der Waals surface area contributed by atoms with E-state index in [-0.39, 0.29) is 5.78 Å². The summed E-state index contributed by atoms with van der Waals surface area (Å²) in [7, 11) is 0. The van der Waals surface area contributed by atoms with Crippen molar-refractivity contribution in [1.82, 2.24) is 0 Å². The van der Waals surface area contributed by atoms with Gasteiger partial charge in [0.2, 0.25) is 0 Å². The molecule has 0 amide bonds. The summed E-state index contributed by atoms with van der Waals surface area (Å²) in [5, 5.41) is 8.00. The summed E-state index contributed by atoms with van der Waals surface area (Å²) in [6.07, 6.45) is 14.8. The molecule has 206 valence electrons. The van der Waals surface area contributed by atoms with Gasteiger partial charge in [-0.2, -0.15) is 0 Å². The smallest absolute Gasteiger partial charge is 0.126 e. The minimum atomic E-state index is 0.167. The second kappa shape index (κ2) is 19.2. The van der Waals surface area contributed by atoms with E-state index >= 15 is 0 Å². The number of hydrogen-bond acceptors (Lipinski definition) is 5. The van der Waals surface area contributed by atoms with E-state index in [0.29, 0.717) is 11.6 Å². The van der Waals surface area contributed by atoms with Crippen molar-refractivity contribution in [3.05, 3.63) is 57.8 Å². The SMILES string of the molecule is CC.CC(C)=O.CCC/C=C(C1=C(c2c(C)ccc(N)c2C=N)CCCC1)\C(C=NCCC(C)C)=C\N. The Morgan fingerprint density at radius 3 is 2.32 bits per heavy atom. The molecule has 0 aromatic heterocycles. The van der Waals surface area contributed by atoms with Gasteiger partial charge in [0, 0.05) is 42.0 Å². The zero-order valence-electron chi connectivity index (χ0n) is 24.7. The van der Waals surface area contributed by atoms with Gasteiger partial charge in [-0.3, -0.25) is 4.99 Å². The minimum Gasteiger partial charge on any atom is -0.404 e. The molecule has 5 heteroatoms. The van der Waals surface area contributed by atoms with Crippen LogP contribution in [-0.4, -0.2) is 24.8 Å². The lowest BCUT2D eigenvalue weighted by atomic mass is 9.79. The molecule has 0 heterocycles. The lowest BCUT2D eigenvalue weighted by Gasteiger charge is -2.26. The van der Waals surface area contributed by atoms with E-state index in [1.54, 1.807) is 6.20 Å². The van der Waals surface area contributed by atoms with Gasteiger partial charge in [0.15, 0.2) is 0 Å². The van der Waals surface area contributed by atoms with E-state index in [1.165, 1.54) is 42.3 Å². The first kappa shape index (κ1) is 34.0. The number of anilines is 1. The molecule has 0 saturated carbocycles. The number of nitrogens with zero attached hydrogens (tertiary/aromatic N) is 1. The highest BCUT2D eigenvalue weighted by atomic mass is 16.1. The van der Waals surface area contributed by atoms with E-state index < -0.39 is 0 Å². The number of ketones is 1. The molecule has 1 aliphatic carbocycles. The maximum atomic E-state index is 9.44. The van der Waals surface area contributed by atoms with Crippen molar-refractivity contribution < 1.29 is 4.79 Å². The molecule has 2 rings (SSSR count). The molecule has 0 saturated heterocycles. The number of Topliss-reactive ketones (excluding diaryl/α,β-unsaturated/α-hetero) is 1. The fourth-order valence-corrected chi connectivity index (χ4v) is 4.18. The zero-order chi connectivity index (χ0) is 28.4. The molecule has 0 atom stereocenters. The van der Waals surface area contributed by atoms with Crippen molar-refractivity contribution in [2.45, 2.75) is 100 Å². The van der Waals surface area contributed by atoms with Crippen LogP contribution in [0.4, 0.5) is 5.69 Å². The van der Waals surface area contributed by atoms with E-state index in [2.05, 4.69) is 44.8 Å². The van der Waals surface area contributed by atoms with Gasteiger partial charge in [-0.15, -0.1) is 0 Å². The number of benzene rings is 1. The van der Waals surface area contributed by atoms with Gasteiger partial charge in [0.05, 0.1) is 0 Å². The minimum absolute atomic E-state index is 0.167. The number of nitrogen functional groups attached to an aromatic ring is 1.